The summed E-state index contributed by atoms with van der Waals surface area (Å²) in [5.74, 6) is -0.00349. The van der Waals surface area contributed by atoms with Gasteiger partial charge in [-0.3, -0.25) is 14.9 Å². The third-order valence-corrected chi connectivity index (χ3v) is 4.44. The van der Waals surface area contributed by atoms with E-state index < -0.39 is 5.91 Å². The van der Waals surface area contributed by atoms with Crippen LogP contribution in [0.3, 0.4) is 0 Å². The Balaban J connectivity index is 1.69. The molecular formula is C17H16N4O2S. The molecule has 0 bridgehead atoms. The fourth-order valence-electron chi connectivity index (χ4n) is 2.33. The molecule has 0 aliphatic heterocycles. The highest BCUT2D eigenvalue weighted by molar-refractivity contribution is 8.00. The van der Waals surface area contributed by atoms with Crippen molar-refractivity contribution in [2.45, 2.75) is 11.9 Å². The van der Waals surface area contributed by atoms with Crippen LogP contribution in [0.4, 0.5) is 0 Å². The second-order valence-corrected chi connectivity index (χ2v) is 6.23. The highest BCUT2D eigenvalue weighted by atomic mass is 32.2. The van der Waals surface area contributed by atoms with Gasteiger partial charge >= 0.3 is 0 Å². The lowest BCUT2D eigenvalue weighted by molar-refractivity contribution is -0.117. The Kier molecular flexibility index (Phi) is 4.61. The number of hydrogen-bond acceptors (Lipinski definition) is 5. The standard InChI is InChI=1S/C17H16N4O2S/c1-11-18-13-7-4-3-6-12(13)17(19-11)24-10-15(22)20-16(23)14-8-5-9-21(14)2/h3-9H,10H2,1-2H3,(H,20,22,23). The van der Waals surface area contributed by atoms with Gasteiger partial charge in [0.15, 0.2) is 0 Å². The largest absolute Gasteiger partial charge is 0.347 e. The number of hydrogen-bond donors (Lipinski definition) is 1. The maximum absolute atomic E-state index is 12.0. The average molecular weight is 340 g/mol. The zero-order valence-electron chi connectivity index (χ0n) is 13.3. The number of nitrogens with zero attached hydrogens (tertiary/aromatic N) is 3. The lowest BCUT2D eigenvalue weighted by atomic mass is 10.2. The molecule has 24 heavy (non-hydrogen) atoms. The second-order valence-electron chi connectivity index (χ2n) is 5.26. The van der Waals surface area contributed by atoms with E-state index in [4.69, 9.17) is 0 Å². The summed E-state index contributed by atoms with van der Waals surface area (Å²) in [5, 5.41) is 4.03. The molecule has 122 valence electrons. The van der Waals surface area contributed by atoms with Crippen molar-refractivity contribution < 1.29 is 9.59 Å². The van der Waals surface area contributed by atoms with E-state index in [2.05, 4.69) is 15.3 Å². The second kappa shape index (κ2) is 6.84. The summed E-state index contributed by atoms with van der Waals surface area (Å²) >= 11 is 1.29. The van der Waals surface area contributed by atoms with E-state index in [-0.39, 0.29) is 11.7 Å². The summed E-state index contributed by atoms with van der Waals surface area (Å²) in [7, 11) is 1.75. The topological polar surface area (TPSA) is 76.9 Å². The summed E-state index contributed by atoms with van der Waals surface area (Å²) in [6, 6.07) is 11.1. The van der Waals surface area contributed by atoms with Crippen LogP contribution in [-0.4, -0.2) is 32.1 Å². The van der Waals surface area contributed by atoms with E-state index in [9.17, 15) is 9.59 Å². The number of thioether (sulfide) groups is 1. The van der Waals surface area contributed by atoms with Crippen LogP contribution < -0.4 is 5.32 Å². The van der Waals surface area contributed by atoms with Crippen LogP contribution in [0.25, 0.3) is 10.9 Å². The minimum Gasteiger partial charge on any atom is -0.347 e. The first-order chi connectivity index (χ1) is 11.5. The molecule has 2 aromatic heterocycles. The van der Waals surface area contributed by atoms with Gasteiger partial charge in [0.1, 0.15) is 16.5 Å². The number of imide groups is 1. The molecule has 1 N–H and O–H groups in total. The molecule has 0 atom stereocenters. The van der Waals surface area contributed by atoms with Crippen molar-refractivity contribution in [2.24, 2.45) is 7.05 Å². The quantitative estimate of drug-likeness (QED) is 0.583. The molecule has 0 spiro atoms. The van der Waals surface area contributed by atoms with Gasteiger partial charge < -0.3 is 4.57 Å². The monoisotopic (exact) mass is 340 g/mol. The lowest BCUT2D eigenvalue weighted by Gasteiger charge is -2.07. The zero-order valence-corrected chi connectivity index (χ0v) is 14.1. The van der Waals surface area contributed by atoms with Gasteiger partial charge in [-0.15, -0.1) is 0 Å². The van der Waals surface area contributed by atoms with Crippen molar-refractivity contribution in [3.05, 3.63) is 54.1 Å². The third-order valence-electron chi connectivity index (χ3n) is 3.45. The van der Waals surface area contributed by atoms with Gasteiger partial charge in [-0.1, -0.05) is 30.0 Å². The van der Waals surface area contributed by atoms with E-state index in [0.29, 0.717) is 11.5 Å². The molecule has 7 heteroatoms. The van der Waals surface area contributed by atoms with Crippen LogP contribution in [0, 0.1) is 6.92 Å². The number of aryl methyl sites for hydroxylation is 2. The first-order valence-electron chi connectivity index (χ1n) is 7.36. The minimum atomic E-state index is -0.406. The molecule has 2 amide bonds. The van der Waals surface area contributed by atoms with Gasteiger partial charge in [0.2, 0.25) is 5.91 Å². The van der Waals surface area contributed by atoms with Crippen molar-refractivity contribution in [3.63, 3.8) is 0 Å². The number of carbonyl (C=O) groups is 2. The minimum absolute atomic E-state index is 0.108. The van der Waals surface area contributed by atoms with Crippen LogP contribution in [0.2, 0.25) is 0 Å². The summed E-state index contributed by atoms with van der Waals surface area (Å²) in [6.07, 6.45) is 1.75. The Morgan fingerprint density at radius 1 is 1.17 bits per heavy atom. The van der Waals surface area contributed by atoms with Crippen molar-refractivity contribution >= 4 is 34.5 Å². The normalized spacial score (nSPS) is 10.8. The predicted octanol–water partition coefficient (Wildman–Crippen LogP) is 2.33. The summed E-state index contributed by atoms with van der Waals surface area (Å²) in [5.41, 5.74) is 1.28. The van der Waals surface area contributed by atoms with E-state index in [1.165, 1.54) is 11.8 Å². The molecule has 3 rings (SSSR count). The highest BCUT2D eigenvalue weighted by Gasteiger charge is 2.14. The Labute approximate surface area is 143 Å². The van der Waals surface area contributed by atoms with Gasteiger partial charge in [0.05, 0.1) is 11.3 Å². The van der Waals surface area contributed by atoms with Gasteiger partial charge in [-0.2, -0.15) is 0 Å². The van der Waals surface area contributed by atoms with Gasteiger partial charge in [0.25, 0.3) is 5.91 Å². The number of carbonyl (C=O) groups excluding carboxylic acids is 2. The Bertz CT molecular complexity index is 920. The van der Waals surface area contributed by atoms with Crippen LogP contribution in [0.15, 0.2) is 47.6 Å². The molecule has 0 saturated carbocycles. The van der Waals surface area contributed by atoms with Gasteiger partial charge in [0, 0.05) is 18.6 Å². The van der Waals surface area contributed by atoms with E-state index in [0.717, 1.165) is 15.9 Å². The van der Waals surface area contributed by atoms with Crippen molar-refractivity contribution in [3.8, 4) is 0 Å². The van der Waals surface area contributed by atoms with E-state index in [1.807, 2.05) is 31.2 Å². The first kappa shape index (κ1) is 16.2. The van der Waals surface area contributed by atoms with E-state index >= 15 is 0 Å². The van der Waals surface area contributed by atoms with E-state index in [1.54, 1.807) is 29.9 Å². The summed E-state index contributed by atoms with van der Waals surface area (Å²) < 4.78 is 1.66. The number of fused-ring (bicyclic) bond motifs is 1. The molecule has 0 fully saturated rings. The first-order valence-corrected chi connectivity index (χ1v) is 8.35. The number of aromatic nitrogens is 3. The molecule has 6 nitrogen and oxygen atoms in total. The third kappa shape index (κ3) is 3.46. The number of benzene rings is 1. The smallest absolute Gasteiger partial charge is 0.274 e. The van der Waals surface area contributed by atoms with Crippen LogP contribution in [0.1, 0.15) is 16.3 Å². The van der Waals surface area contributed by atoms with Crippen molar-refractivity contribution in [1.29, 1.82) is 0 Å². The van der Waals surface area contributed by atoms with Crippen molar-refractivity contribution in [2.75, 3.05) is 5.75 Å². The molecule has 0 unspecified atom stereocenters. The molecule has 3 aromatic rings. The zero-order chi connectivity index (χ0) is 17.1. The molecule has 0 radical (unpaired) electrons. The Hall–Kier alpha value is -2.67. The number of para-hydroxylation sites is 1. The molecule has 0 aliphatic carbocycles. The van der Waals surface area contributed by atoms with Gasteiger partial charge in [-0.05, 0) is 25.1 Å². The average Bonchev–Trinajstić information content (AvgIpc) is 2.98. The predicted molar refractivity (Wildman–Crippen MR) is 92.9 cm³/mol. The van der Waals surface area contributed by atoms with Gasteiger partial charge in [-0.25, -0.2) is 9.97 Å². The number of amides is 2. The maximum atomic E-state index is 12.0. The molecular weight excluding hydrogens is 324 g/mol. The van der Waals surface area contributed by atoms with Crippen LogP contribution in [0.5, 0.6) is 0 Å². The maximum Gasteiger partial charge on any atom is 0.274 e. The fourth-order valence-corrected chi connectivity index (χ4v) is 3.19. The number of nitrogens with one attached hydrogen (secondary N) is 1. The Morgan fingerprint density at radius 2 is 1.96 bits per heavy atom. The molecule has 0 saturated heterocycles. The Morgan fingerprint density at radius 3 is 2.71 bits per heavy atom. The summed E-state index contributed by atoms with van der Waals surface area (Å²) in [4.78, 5) is 32.8. The molecule has 0 aliphatic rings. The van der Waals surface area contributed by atoms with Crippen LogP contribution >= 0.6 is 11.8 Å². The number of rotatable bonds is 4. The molecule has 2 heterocycles. The highest BCUT2D eigenvalue weighted by Crippen LogP contribution is 2.24. The molecule has 1 aromatic carbocycles. The lowest BCUT2D eigenvalue weighted by Crippen LogP contribution is -2.33. The SMILES string of the molecule is Cc1nc(SCC(=O)NC(=O)c2cccn2C)c2ccccc2n1. The summed E-state index contributed by atoms with van der Waals surface area (Å²) in [6.45, 7) is 1.81. The fraction of sp³-hybridized carbons (Fsp3) is 0.176. The van der Waals surface area contributed by atoms with Crippen LogP contribution in [-0.2, 0) is 11.8 Å². The van der Waals surface area contributed by atoms with Crippen molar-refractivity contribution in [1.82, 2.24) is 19.9 Å².